The van der Waals surface area contributed by atoms with Gasteiger partial charge in [0, 0.05) is 24.2 Å². The molecule has 0 radical (unpaired) electrons. The van der Waals surface area contributed by atoms with Crippen molar-refractivity contribution in [2.45, 2.75) is 43.4 Å². The largest absolute Gasteiger partial charge is 0.389 e. The van der Waals surface area contributed by atoms with E-state index in [0.717, 1.165) is 0 Å². The predicted molar refractivity (Wildman–Crippen MR) is 74.3 cm³/mol. The van der Waals surface area contributed by atoms with Gasteiger partial charge in [-0.05, 0) is 12.0 Å². The maximum Gasteiger partial charge on any atom is 0.269 e. The molecule has 0 spiro atoms. The summed E-state index contributed by atoms with van der Waals surface area (Å²) in [6, 6.07) is 4.91. The van der Waals surface area contributed by atoms with Crippen LogP contribution in [0.15, 0.2) is 24.3 Å². The van der Waals surface area contributed by atoms with E-state index in [2.05, 4.69) is 0 Å². The molecular formula is C13H19N3O5. The quantitative estimate of drug-likeness (QED) is 0.423. The van der Waals surface area contributed by atoms with Gasteiger partial charge in [-0.3, -0.25) is 10.1 Å². The van der Waals surface area contributed by atoms with Crippen molar-refractivity contribution in [2.24, 2.45) is 11.5 Å². The van der Waals surface area contributed by atoms with Crippen LogP contribution in [0.25, 0.3) is 0 Å². The van der Waals surface area contributed by atoms with E-state index in [4.69, 9.17) is 16.2 Å². The van der Waals surface area contributed by atoms with Crippen LogP contribution in [0.2, 0.25) is 0 Å². The average Bonchev–Trinajstić information content (AvgIpc) is 2.45. The van der Waals surface area contributed by atoms with Gasteiger partial charge in [0.25, 0.3) is 5.69 Å². The van der Waals surface area contributed by atoms with Gasteiger partial charge in [0.15, 0.2) is 0 Å². The molecule has 0 bridgehead atoms. The van der Waals surface area contributed by atoms with Gasteiger partial charge >= 0.3 is 0 Å². The number of ether oxygens (including phenoxy) is 1. The zero-order valence-corrected chi connectivity index (χ0v) is 11.3. The molecule has 8 nitrogen and oxygen atoms in total. The third kappa shape index (κ3) is 3.55. The second-order valence-corrected chi connectivity index (χ2v) is 5.25. The lowest BCUT2D eigenvalue weighted by molar-refractivity contribution is -0.385. The maximum atomic E-state index is 10.7. The Bertz CT molecular complexity index is 512. The SMILES string of the molecule is N[C@@H]1C[C@H](N)[C@@H](OCc2cccc([N+](=O)[O-])c2)[C@H](O)[C@H]1O. The fourth-order valence-corrected chi connectivity index (χ4v) is 2.46. The molecule has 21 heavy (non-hydrogen) atoms. The topological polar surface area (TPSA) is 145 Å². The first-order valence-electron chi connectivity index (χ1n) is 6.62. The number of rotatable bonds is 4. The minimum Gasteiger partial charge on any atom is -0.389 e. The highest BCUT2D eigenvalue weighted by molar-refractivity contribution is 5.33. The van der Waals surface area contributed by atoms with Crippen LogP contribution in [0.4, 0.5) is 5.69 Å². The monoisotopic (exact) mass is 297 g/mol. The Kier molecular flexibility index (Phi) is 4.86. The molecule has 8 heteroatoms. The van der Waals surface area contributed by atoms with Crippen LogP contribution in [-0.4, -0.2) is 45.5 Å². The molecule has 0 unspecified atom stereocenters. The number of nitro benzene ring substituents is 1. The molecule has 0 saturated heterocycles. The highest BCUT2D eigenvalue weighted by Crippen LogP contribution is 2.22. The minimum absolute atomic E-state index is 0.0355. The van der Waals surface area contributed by atoms with Crippen molar-refractivity contribution >= 4 is 5.69 Å². The van der Waals surface area contributed by atoms with Crippen molar-refractivity contribution in [1.29, 1.82) is 0 Å². The summed E-state index contributed by atoms with van der Waals surface area (Å²) in [7, 11) is 0. The highest BCUT2D eigenvalue weighted by atomic mass is 16.6. The van der Waals surface area contributed by atoms with E-state index >= 15 is 0 Å². The maximum absolute atomic E-state index is 10.7. The molecular weight excluding hydrogens is 278 g/mol. The smallest absolute Gasteiger partial charge is 0.269 e. The number of nitro groups is 1. The molecule has 0 aromatic heterocycles. The Hall–Kier alpha value is -1.58. The van der Waals surface area contributed by atoms with Crippen LogP contribution in [-0.2, 0) is 11.3 Å². The molecule has 1 saturated carbocycles. The van der Waals surface area contributed by atoms with Gasteiger partial charge in [-0.25, -0.2) is 0 Å². The van der Waals surface area contributed by atoms with E-state index in [-0.39, 0.29) is 12.3 Å². The normalized spacial score (nSPS) is 32.9. The van der Waals surface area contributed by atoms with Crippen LogP contribution < -0.4 is 11.5 Å². The summed E-state index contributed by atoms with van der Waals surface area (Å²) in [5.74, 6) is 0. The lowest BCUT2D eigenvalue weighted by atomic mass is 9.85. The van der Waals surface area contributed by atoms with Crippen LogP contribution in [0, 0.1) is 10.1 Å². The Morgan fingerprint density at radius 3 is 2.67 bits per heavy atom. The zero-order valence-electron chi connectivity index (χ0n) is 11.3. The standard InChI is InChI=1S/C13H19N3O5/c14-9-5-10(15)13(12(18)11(9)17)21-6-7-2-1-3-8(4-7)16(19)20/h1-4,9-13,17-18H,5-6,14-15H2/t9-,10+,11+,12-,13-/m1/s1. The molecule has 2 rings (SSSR count). The number of nitrogens with two attached hydrogens (primary N) is 2. The number of hydrogen-bond donors (Lipinski definition) is 4. The summed E-state index contributed by atoms with van der Waals surface area (Å²) in [5, 5.41) is 30.4. The minimum atomic E-state index is -1.18. The molecule has 0 heterocycles. The first kappa shape index (κ1) is 15.8. The van der Waals surface area contributed by atoms with Crippen molar-refractivity contribution in [2.75, 3.05) is 0 Å². The molecule has 1 aliphatic rings. The summed E-state index contributed by atoms with van der Waals surface area (Å²) in [6.07, 6.45) is -2.71. The number of nitrogens with zero attached hydrogens (tertiary/aromatic N) is 1. The van der Waals surface area contributed by atoms with Crippen molar-refractivity contribution in [1.82, 2.24) is 0 Å². The lowest BCUT2D eigenvalue weighted by Gasteiger charge is -2.39. The van der Waals surface area contributed by atoms with Crippen LogP contribution in [0.1, 0.15) is 12.0 Å². The molecule has 6 N–H and O–H groups in total. The van der Waals surface area contributed by atoms with Crippen molar-refractivity contribution in [3.05, 3.63) is 39.9 Å². The second-order valence-electron chi connectivity index (χ2n) is 5.25. The van der Waals surface area contributed by atoms with Gasteiger partial charge in [-0.1, -0.05) is 12.1 Å². The third-order valence-corrected chi connectivity index (χ3v) is 3.66. The first-order chi connectivity index (χ1) is 9.90. The number of non-ortho nitro benzene ring substituents is 1. The Morgan fingerprint density at radius 2 is 2.00 bits per heavy atom. The molecule has 0 amide bonds. The molecule has 0 aliphatic heterocycles. The first-order valence-corrected chi connectivity index (χ1v) is 6.62. The fourth-order valence-electron chi connectivity index (χ4n) is 2.46. The summed E-state index contributed by atoms with van der Waals surface area (Å²) in [5.41, 5.74) is 12.1. The van der Waals surface area contributed by atoms with Gasteiger partial charge in [-0.15, -0.1) is 0 Å². The summed E-state index contributed by atoms with van der Waals surface area (Å²) >= 11 is 0. The summed E-state index contributed by atoms with van der Waals surface area (Å²) < 4.78 is 5.53. The Balaban J connectivity index is 2.02. The zero-order chi connectivity index (χ0) is 15.6. The van der Waals surface area contributed by atoms with Gasteiger partial charge in [0.05, 0.1) is 17.6 Å². The van der Waals surface area contributed by atoms with E-state index in [1.54, 1.807) is 12.1 Å². The predicted octanol–water partition coefficient (Wildman–Crippen LogP) is -0.740. The van der Waals surface area contributed by atoms with Crippen LogP contribution in [0.3, 0.4) is 0 Å². The van der Waals surface area contributed by atoms with Gasteiger partial charge in [-0.2, -0.15) is 0 Å². The molecule has 1 fully saturated rings. The van der Waals surface area contributed by atoms with E-state index in [0.29, 0.717) is 12.0 Å². The van der Waals surface area contributed by atoms with Crippen molar-refractivity contribution in [3.63, 3.8) is 0 Å². The van der Waals surface area contributed by atoms with Crippen LogP contribution >= 0.6 is 0 Å². The molecule has 1 aromatic rings. The number of aliphatic hydroxyl groups excluding tert-OH is 2. The van der Waals surface area contributed by atoms with E-state index < -0.39 is 35.3 Å². The third-order valence-electron chi connectivity index (χ3n) is 3.66. The van der Waals surface area contributed by atoms with E-state index in [9.17, 15) is 20.3 Å². The number of hydrogen-bond acceptors (Lipinski definition) is 7. The summed E-state index contributed by atoms with van der Waals surface area (Å²) in [6.45, 7) is 0.0546. The molecule has 1 aliphatic carbocycles. The van der Waals surface area contributed by atoms with Crippen molar-refractivity contribution < 1.29 is 19.9 Å². The molecule has 1 aromatic carbocycles. The second kappa shape index (κ2) is 6.46. The highest BCUT2D eigenvalue weighted by Gasteiger charge is 2.41. The number of benzene rings is 1. The van der Waals surface area contributed by atoms with Gasteiger partial charge in [0.2, 0.25) is 0 Å². The van der Waals surface area contributed by atoms with E-state index in [1.807, 2.05) is 0 Å². The Morgan fingerprint density at radius 1 is 1.29 bits per heavy atom. The lowest BCUT2D eigenvalue weighted by Crippen LogP contribution is -2.61. The van der Waals surface area contributed by atoms with Crippen molar-refractivity contribution in [3.8, 4) is 0 Å². The number of aliphatic hydroxyl groups is 2. The molecule has 5 atom stereocenters. The fraction of sp³-hybridized carbons (Fsp3) is 0.538. The summed E-state index contributed by atoms with van der Waals surface area (Å²) in [4.78, 5) is 10.2. The van der Waals surface area contributed by atoms with Gasteiger partial charge < -0.3 is 26.4 Å². The Labute approximate surface area is 121 Å². The molecule has 116 valence electrons. The van der Waals surface area contributed by atoms with Gasteiger partial charge in [0.1, 0.15) is 12.2 Å². The average molecular weight is 297 g/mol. The van der Waals surface area contributed by atoms with Crippen LogP contribution in [0.5, 0.6) is 0 Å². The van der Waals surface area contributed by atoms with E-state index in [1.165, 1.54) is 12.1 Å².